The van der Waals surface area contributed by atoms with Crippen LogP contribution in [0.2, 0.25) is 0 Å². The molecule has 2 aliphatic carbocycles. The van der Waals surface area contributed by atoms with Crippen molar-refractivity contribution in [3.8, 4) is 5.75 Å². The molecule has 2 fully saturated rings. The second-order valence-electron chi connectivity index (χ2n) is 9.05. The predicted molar refractivity (Wildman–Crippen MR) is 105 cm³/mol. The molecule has 134 valence electrons. The standard InChI is InChI=1S/C22H34OS/c1-16-10-11-20-21(2,3)12-7-13-22(20,4)19(16)15-24-18-9-6-8-17(14-18)23-5/h6,8-9,14,16,19-20H,7,10-13,15H2,1-5H3/t16-,19-,20+,22-/m1/s1. The summed E-state index contributed by atoms with van der Waals surface area (Å²) >= 11 is 2.03. The van der Waals surface area contributed by atoms with Crippen molar-refractivity contribution < 1.29 is 4.74 Å². The van der Waals surface area contributed by atoms with E-state index in [0.29, 0.717) is 10.8 Å². The first-order valence-corrected chi connectivity index (χ1v) is 10.6. The second-order valence-corrected chi connectivity index (χ2v) is 10.1. The van der Waals surface area contributed by atoms with Gasteiger partial charge in [-0.2, -0.15) is 0 Å². The fourth-order valence-electron chi connectivity index (χ4n) is 5.84. The molecule has 0 spiro atoms. The third kappa shape index (κ3) is 3.36. The number of methoxy groups -OCH3 is 1. The molecule has 1 nitrogen and oxygen atoms in total. The minimum Gasteiger partial charge on any atom is -0.497 e. The lowest BCUT2D eigenvalue weighted by Gasteiger charge is -2.59. The molecule has 2 aliphatic rings. The van der Waals surface area contributed by atoms with E-state index < -0.39 is 0 Å². The summed E-state index contributed by atoms with van der Waals surface area (Å²) in [5.41, 5.74) is 1.04. The number of fused-ring (bicyclic) bond motifs is 1. The lowest BCUT2D eigenvalue weighted by atomic mass is 9.47. The van der Waals surface area contributed by atoms with Gasteiger partial charge in [0.25, 0.3) is 0 Å². The van der Waals surface area contributed by atoms with Gasteiger partial charge in [-0.1, -0.05) is 46.6 Å². The highest BCUT2D eigenvalue weighted by molar-refractivity contribution is 7.99. The molecule has 4 atom stereocenters. The number of thioether (sulfide) groups is 1. The van der Waals surface area contributed by atoms with Crippen LogP contribution < -0.4 is 4.74 Å². The third-order valence-electron chi connectivity index (χ3n) is 7.19. The van der Waals surface area contributed by atoms with Gasteiger partial charge in [-0.05, 0) is 66.0 Å². The highest BCUT2D eigenvalue weighted by Gasteiger charge is 2.53. The predicted octanol–water partition coefficient (Wildman–Crippen LogP) is 6.67. The first kappa shape index (κ1) is 18.2. The van der Waals surface area contributed by atoms with Crippen molar-refractivity contribution in [1.82, 2.24) is 0 Å². The molecular formula is C22H34OS. The molecule has 1 aromatic rings. The number of hydrogen-bond acceptors (Lipinski definition) is 2. The number of rotatable bonds is 4. The molecule has 24 heavy (non-hydrogen) atoms. The summed E-state index contributed by atoms with van der Waals surface area (Å²) < 4.78 is 5.39. The van der Waals surface area contributed by atoms with Crippen LogP contribution in [-0.2, 0) is 0 Å². The van der Waals surface area contributed by atoms with Gasteiger partial charge in [0, 0.05) is 10.6 Å². The summed E-state index contributed by atoms with van der Waals surface area (Å²) in [6, 6.07) is 8.56. The van der Waals surface area contributed by atoms with Crippen LogP contribution in [0.5, 0.6) is 5.75 Å². The minimum atomic E-state index is 0.519. The lowest BCUT2D eigenvalue weighted by Crippen LogP contribution is -2.51. The topological polar surface area (TPSA) is 9.23 Å². The van der Waals surface area contributed by atoms with Crippen LogP contribution in [-0.4, -0.2) is 12.9 Å². The van der Waals surface area contributed by atoms with Crippen molar-refractivity contribution in [2.75, 3.05) is 12.9 Å². The Kier molecular flexibility index (Phi) is 5.25. The smallest absolute Gasteiger partial charge is 0.119 e. The Hall–Kier alpha value is -0.630. The van der Waals surface area contributed by atoms with E-state index in [-0.39, 0.29) is 0 Å². The van der Waals surface area contributed by atoms with E-state index in [4.69, 9.17) is 4.74 Å². The summed E-state index contributed by atoms with van der Waals surface area (Å²) in [6.07, 6.45) is 7.09. The zero-order valence-electron chi connectivity index (χ0n) is 16.1. The van der Waals surface area contributed by atoms with E-state index in [1.807, 2.05) is 17.8 Å². The molecule has 0 bridgehead atoms. The normalized spacial score (nSPS) is 35.3. The van der Waals surface area contributed by atoms with Gasteiger partial charge in [0.05, 0.1) is 7.11 Å². The van der Waals surface area contributed by atoms with Gasteiger partial charge in [0.1, 0.15) is 5.75 Å². The monoisotopic (exact) mass is 346 g/mol. The SMILES string of the molecule is COc1cccc(SC[C@@H]2[C@H](C)CC[C@H]3C(C)(C)CCC[C@]23C)c1. The molecule has 3 rings (SSSR count). The molecule has 2 saturated carbocycles. The molecule has 0 amide bonds. The first-order valence-electron chi connectivity index (χ1n) is 9.64. The van der Waals surface area contributed by atoms with Crippen LogP contribution in [0.3, 0.4) is 0 Å². The number of hydrogen-bond donors (Lipinski definition) is 0. The Labute approximate surface area is 152 Å². The zero-order chi connectivity index (χ0) is 17.4. The highest BCUT2D eigenvalue weighted by atomic mass is 32.2. The van der Waals surface area contributed by atoms with Gasteiger partial charge >= 0.3 is 0 Å². The van der Waals surface area contributed by atoms with Gasteiger partial charge in [0.15, 0.2) is 0 Å². The summed E-state index contributed by atoms with van der Waals surface area (Å²) in [7, 11) is 1.75. The van der Waals surface area contributed by atoms with Crippen LogP contribution in [0.25, 0.3) is 0 Å². The molecule has 0 aliphatic heterocycles. The van der Waals surface area contributed by atoms with E-state index in [2.05, 4.69) is 45.9 Å². The van der Waals surface area contributed by atoms with Gasteiger partial charge in [-0.3, -0.25) is 0 Å². The summed E-state index contributed by atoms with van der Waals surface area (Å²) in [5, 5.41) is 0. The van der Waals surface area contributed by atoms with Crippen LogP contribution in [0.1, 0.15) is 59.8 Å². The van der Waals surface area contributed by atoms with Crippen LogP contribution in [0, 0.1) is 28.6 Å². The summed E-state index contributed by atoms with van der Waals surface area (Å²) in [5.74, 6) is 4.79. The van der Waals surface area contributed by atoms with E-state index in [0.717, 1.165) is 23.5 Å². The Morgan fingerprint density at radius 3 is 2.71 bits per heavy atom. The van der Waals surface area contributed by atoms with E-state index in [9.17, 15) is 0 Å². The molecule has 0 unspecified atom stereocenters. The minimum absolute atomic E-state index is 0.519. The highest BCUT2D eigenvalue weighted by Crippen LogP contribution is 2.61. The van der Waals surface area contributed by atoms with Crippen molar-refractivity contribution in [1.29, 1.82) is 0 Å². The Bertz CT molecular complexity index is 567. The van der Waals surface area contributed by atoms with Gasteiger partial charge in [-0.25, -0.2) is 0 Å². The van der Waals surface area contributed by atoms with Gasteiger partial charge in [0.2, 0.25) is 0 Å². The third-order valence-corrected chi connectivity index (χ3v) is 8.30. The molecule has 0 heterocycles. The van der Waals surface area contributed by atoms with Crippen LogP contribution in [0.15, 0.2) is 29.2 Å². The van der Waals surface area contributed by atoms with Crippen molar-refractivity contribution in [3.63, 3.8) is 0 Å². The Morgan fingerprint density at radius 1 is 1.17 bits per heavy atom. The molecule has 0 saturated heterocycles. The molecule has 0 aromatic heterocycles. The van der Waals surface area contributed by atoms with Gasteiger partial charge < -0.3 is 4.74 Å². The maximum absolute atomic E-state index is 5.39. The number of ether oxygens (including phenoxy) is 1. The molecule has 1 aromatic carbocycles. The average molecular weight is 347 g/mol. The maximum atomic E-state index is 5.39. The quantitative estimate of drug-likeness (QED) is 0.563. The van der Waals surface area contributed by atoms with Crippen LogP contribution in [0.4, 0.5) is 0 Å². The van der Waals surface area contributed by atoms with E-state index in [1.165, 1.54) is 42.8 Å². The van der Waals surface area contributed by atoms with E-state index >= 15 is 0 Å². The molecule has 2 heteroatoms. The summed E-state index contributed by atoms with van der Waals surface area (Å²) in [6.45, 7) is 10.2. The van der Waals surface area contributed by atoms with E-state index in [1.54, 1.807) is 7.11 Å². The molecular weight excluding hydrogens is 312 g/mol. The van der Waals surface area contributed by atoms with Gasteiger partial charge in [-0.15, -0.1) is 11.8 Å². The number of benzene rings is 1. The Balaban J connectivity index is 1.77. The van der Waals surface area contributed by atoms with Crippen LogP contribution >= 0.6 is 11.8 Å². The molecule has 0 radical (unpaired) electrons. The molecule has 0 N–H and O–H groups in total. The fraction of sp³-hybridized carbons (Fsp3) is 0.727. The first-order chi connectivity index (χ1) is 11.4. The van der Waals surface area contributed by atoms with Crippen molar-refractivity contribution in [3.05, 3.63) is 24.3 Å². The largest absolute Gasteiger partial charge is 0.497 e. The lowest BCUT2D eigenvalue weighted by molar-refractivity contribution is -0.0850. The second kappa shape index (κ2) is 6.94. The summed E-state index contributed by atoms with van der Waals surface area (Å²) in [4.78, 5) is 1.35. The average Bonchev–Trinajstić information content (AvgIpc) is 2.53. The maximum Gasteiger partial charge on any atom is 0.119 e. The van der Waals surface area contributed by atoms with Crippen molar-refractivity contribution >= 4 is 11.8 Å². The van der Waals surface area contributed by atoms with Crippen molar-refractivity contribution in [2.45, 2.75) is 64.7 Å². The zero-order valence-corrected chi connectivity index (χ0v) is 16.9. The fourth-order valence-corrected chi connectivity index (χ4v) is 7.30. The Morgan fingerprint density at radius 2 is 1.96 bits per heavy atom. The van der Waals surface area contributed by atoms with Crippen molar-refractivity contribution in [2.24, 2.45) is 28.6 Å².